The summed E-state index contributed by atoms with van der Waals surface area (Å²) in [5.74, 6) is -0.0318. The number of aromatic nitrogens is 1. The lowest BCUT2D eigenvalue weighted by molar-refractivity contribution is -0.137. The van der Waals surface area contributed by atoms with Gasteiger partial charge in [0, 0.05) is 30.0 Å². The fourth-order valence-corrected chi connectivity index (χ4v) is 4.62. The number of carbonyl (C=O) groups excluding carboxylic acids is 2. The van der Waals surface area contributed by atoms with Gasteiger partial charge >= 0.3 is 12.2 Å². The molecule has 6 nitrogen and oxygen atoms in total. The number of nitrogens with zero attached hydrogens (tertiary/aromatic N) is 2. The average Bonchev–Trinajstić information content (AvgIpc) is 3.26. The Morgan fingerprint density at radius 1 is 1.24 bits per heavy atom. The van der Waals surface area contributed by atoms with Crippen molar-refractivity contribution in [1.29, 1.82) is 0 Å². The van der Waals surface area contributed by atoms with Crippen LogP contribution in [0.25, 0.3) is 10.6 Å². The number of rotatable bonds is 3. The maximum Gasteiger partial charge on any atom is 0.416 e. The van der Waals surface area contributed by atoms with Crippen molar-refractivity contribution in [2.24, 2.45) is 0 Å². The zero-order valence-electron chi connectivity index (χ0n) is 15.3. The van der Waals surface area contributed by atoms with Crippen LogP contribution in [0, 0.1) is 0 Å². The molecule has 2 bridgehead atoms. The Morgan fingerprint density at radius 3 is 2.69 bits per heavy atom. The lowest BCUT2D eigenvalue weighted by Crippen LogP contribution is -2.47. The third kappa shape index (κ3) is 4.21. The predicted octanol–water partition coefficient (Wildman–Crippen LogP) is 3.39. The molecule has 2 fully saturated rings. The molecule has 2 saturated heterocycles. The lowest BCUT2D eigenvalue weighted by Gasteiger charge is -2.27. The van der Waals surface area contributed by atoms with Gasteiger partial charge in [0.05, 0.1) is 23.8 Å². The van der Waals surface area contributed by atoms with Crippen LogP contribution in [0.4, 0.5) is 18.0 Å². The summed E-state index contributed by atoms with van der Waals surface area (Å²) < 4.78 is 38.0. The molecule has 10 heteroatoms. The normalized spacial score (nSPS) is 21.6. The van der Waals surface area contributed by atoms with Crippen LogP contribution in [0.1, 0.15) is 30.5 Å². The highest BCUT2D eigenvalue weighted by atomic mass is 32.1. The van der Waals surface area contributed by atoms with E-state index in [0.717, 1.165) is 25.0 Å². The van der Waals surface area contributed by atoms with Gasteiger partial charge in [0.15, 0.2) is 0 Å². The van der Waals surface area contributed by atoms with Crippen LogP contribution in [-0.4, -0.2) is 40.5 Å². The first-order valence-electron chi connectivity index (χ1n) is 9.26. The molecule has 3 amide bonds. The summed E-state index contributed by atoms with van der Waals surface area (Å²) in [6.07, 6.45) is -2.37. The molecular weight excluding hydrogens is 405 g/mol. The zero-order valence-corrected chi connectivity index (χ0v) is 16.1. The molecule has 2 unspecified atom stereocenters. The van der Waals surface area contributed by atoms with E-state index in [4.69, 9.17) is 0 Å². The van der Waals surface area contributed by atoms with Gasteiger partial charge in [0.1, 0.15) is 5.01 Å². The van der Waals surface area contributed by atoms with Crippen LogP contribution in [0.2, 0.25) is 0 Å². The van der Waals surface area contributed by atoms with Crippen LogP contribution in [0.5, 0.6) is 0 Å². The predicted molar refractivity (Wildman–Crippen MR) is 101 cm³/mol. The van der Waals surface area contributed by atoms with E-state index in [1.807, 2.05) is 0 Å². The summed E-state index contributed by atoms with van der Waals surface area (Å²) in [6, 6.07) is 4.54. The van der Waals surface area contributed by atoms with Crippen molar-refractivity contribution in [2.45, 2.75) is 44.1 Å². The SMILES string of the molecule is O=C1CC2CCC(CN1)N2C(=O)NCc1csc(-c2ccc(C(F)(F)F)cc2)n1. The van der Waals surface area contributed by atoms with Gasteiger partial charge in [-0.2, -0.15) is 13.2 Å². The molecule has 154 valence electrons. The molecule has 2 aliphatic rings. The maximum atomic E-state index is 12.7. The van der Waals surface area contributed by atoms with Crippen molar-refractivity contribution < 1.29 is 22.8 Å². The molecule has 1 aromatic carbocycles. The highest BCUT2D eigenvalue weighted by molar-refractivity contribution is 7.13. The van der Waals surface area contributed by atoms with Gasteiger partial charge in [-0.3, -0.25) is 4.79 Å². The van der Waals surface area contributed by atoms with E-state index in [1.165, 1.54) is 23.5 Å². The molecule has 2 atom stereocenters. The van der Waals surface area contributed by atoms with E-state index in [0.29, 0.717) is 29.2 Å². The van der Waals surface area contributed by atoms with Gasteiger partial charge in [-0.25, -0.2) is 9.78 Å². The number of benzene rings is 1. The monoisotopic (exact) mass is 424 g/mol. The second-order valence-electron chi connectivity index (χ2n) is 7.18. The van der Waals surface area contributed by atoms with Crippen LogP contribution in [0.15, 0.2) is 29.6 Å². The summed E-state index contributed by atoms with van der Waals surface area (Å²) in [4.78, 5) is 30.5. The van der Waals surface area contributed by atoms with Gasteiger partial charge in [0.2, 0.25) is 5.91 Å². The van der Waals surface area contributed by atoms with Crippen molar-refractivity contribution >= 4 is 23.3 Å². The number of alkyl halides is 3. The van der Waals surface area contributed by atoms with E-state index in [9.17, 15) is 22.8 Å². The summed E-state index contributed by atoms with van der Waals surface area (Å²) in [5.41, 5.74) is 0.524. The highest BCUT2D eigenvalue weighted by Crippen LogP contribution is 2.32. The maximum absolute atomic E-state index is 12.7. The van der Waals surface area contributed by atoms with Crippen LogP contribution >= 0.6 is 11.3 Å². The third-order valence-corrected chi connectivity index (χ3v) is 6.18. The van der Waals surface area contributed by atoms with Crippen LogP contribution in [0.3, 0.4) is 0 Å². The van der Waals surface area contributed by atoms with Crippen LogP contribution < -0.4 is 10.6 Å². The number of urea groups is 1. The van der Waals surface area contributed by atoms with Gasteiger partial charge in [-0.15, -0.1) is 11.3 Å². The summed E-state index contributed by atoms with van der Waals surface area (Å²) in [7, 11) is 0. The fourth-order valence-electron chi connectivity index (χ4n) is 3.79. The van der Waals surface area contributed by atoms with Crippen molar-refractivity contribution in [2.75, 3.05) is 6.54 Å². The highest BCUT2D eigenvalue weighted by Gasteiger charge is 2.40. The minimum Gasteiger partial charge on any atom is -0.354 e. The molecule has 2 aliphatic heterocycles. The molecule has 2 N–H and O–H groups in total. The summed E-state index contributed by atoms with van der Waals surface area (Å²) >= 11 is 1.31. The molecule has 0 radical (unpaired) electrons. The van der Waals surface area contributed by atoms with E-state index in [2.05, 4.69) is 15.6 Å². The molecule has 2 aromatic rings. The third-order valence-electron chi connectivity index (χ3n) is 5.24. The van der Waals surface area contributed by atoms with Crippen molar-refractivity contribution in [3.8, 4) is 10.6 Å². The van der Waals surface area contributed by atoms with E-state index in [1.54, 1.807) is 10.3 Å². The van der Waals surface area contributed by atoms with Crippen molar-refractivity contribution in [3.63, 3.8) is 0 Å². The van der Waals surface area contributed by atoms with Gasteiger partial charge in [0.25, 0.3) is 0 Å². The standard InChI is InChI=1S/C19H19F3N4O2S/c20-19(21,22)12-3-1-11(2-4-12)17-25-13(10-29-17)8-24-18(28)26-14-5-6-15(26)9-23-16(27)7-14/h1-4,10,14-15H,5-9H2,(H,23,27)(H,24,28). The Labute approximate surface area is 169 Å². The second-order valence-corrected chi connectivity index (χ2v) is 8.04. The van der Waals surface area contributed by atoms with Crippen molar-refractivity contribution in [3.05, 3.63) is 40.9 Å². The van der Waals surface area contributed by atoms with Crippen molar-refractivity contribution in [1.82, 2.24) is 20.5 Å². The molecule has 29 heavy (non-hydrogen) atoms. The number of thiazole rings is 1. The second kappa shape index (κ2) is 7.66. The molecule has 0 aliphatic carbocycles. The molecular formula is C19H19F3N4O2S. The zero-order chi connectivity index (χ0) is 20.6. The minimum absolute atomic E-state index is 0.00425. The number of hydrogen-bond acceptors (Lipinski definition) is 4. The number of carbonyl (C=O) groups is 2. The molecule has 1 aromatic heterocycles. The smallest absolute Gasteiger partial charge is 0.354 e. The Morgan fingerprint density at radius 2 is 1.97 bits per heavy atom. The molecule has 4 rings (SSSR count). The topological polar surface area (TPSA) is 74.3 Å². The van der Waals surface area contributed by atoms with E-state index in [-0.39, 0.29) is 30.6 Å². The molecule has 0 saturated carbocycles. The Balaban J connectivity index is 1.38. The number of amides is 3. The summed E-state index contributed by atoms with van der Waals surface area (Å²) in [5, 5.41) is 8.04. The van der Waals surface area contributed by atoms with Gasteiger partial charge < -0.3 is 15.5 Å². The van der Waals surface area contributed by atoms with Crippen LogP contribution in [-0.2, 0) is 17.5 Å². The number of halogens is 3. The molecule has 0 spiro atoms. The fraction of sp³-hybridized carbons (Fsp3) is 0.421. The number of nitrogens with one attached hydrogen (secondary N) is 2. The Hall–Kier alpha value is -2.62. The average molecular weight is 424 g/mol. The van der Waals surface area contributed by atoms with E-state index >= 15 is 0 Å². The number of fused-ring (bicyclic) bond motifs is 2. The first-order chi connectivity index (χ1) is 13.8. The lowest BCUT2D eigenvalue weighted by atomic mass is 10.1. The largest absolute Gasteiger partial charge is 0.416 e. The quantitative estimate of drug-likeness (QED) is 0.793. The summed E-state index contributed by atoms with van der Waals surface area (Å²) in [6.45, 7) is 0.685. The Bertz CT molecular complexity index is 913. The molecule has 3 heterocycles. The minimum atomic E-state index is -4.37. The van der Waals surface area contributed by atoms with E-state index < -0.39 is 11.7 Å². The number of hydrogen-bond donors (Lipinski definition) is 2. The first kappa shape index (κ1) is 19.7. The first-order valence-corrected chi connectivity index (χ1v) is 10.1. The van der Waals surface area contributed by atoms with Gasteiger partial charge in [-0.1, -0.05) is 12.1 Å². The van der Waals surface area contributed by atoms with Gasteiger partial charge in [-0.05, 0) is 25.0 Å². The Kier molecular flexibility index (Phi) is 5.20.